The molecule has 0 unspecified atom stereocenters. The molecule has 0 fully saturated rings. The number of benzene rings is 2. The summed E-state index contributed by atoms with van der Waals surface area (Å²) < 4.78 is 12.8. The average Bonchev–Trinajstić information content (AvgIpc) is 2.41. The average molecular weight is 260 g/mol. The Bertz CT molecular complexity index is 611. The van der Waals surface area contributed by atoms with E-state index in [9.17, 15) is 14.3 Å². The summed E-state index contributed by atoms with van der Waals surface area (Å²) in [6, 6.07) is 9.69. The number of hydrogen-bond acceptors (Lipinski definition) is 3. The second-order valence-corrected chi connectivity index (χ2v) is 4.11. The topological polar surface area (TPSA) is 66.6 Å². The molecule has 5 heteroatoms. The second kappa shape index (κ2) is 4.97. The number of anilines is 2. The van der Waals surface area contributed by atoms with E-state index in [1.165, 1.54) is 47.4 Å². The van der Waals surface area contributed by atoms with E-state index in [0.717, 1.165) is 0 Å². The van der Waals surface area contributed by atoms with Crippen LogP contribution in [0, 0.1) is 5.82 Å². The first-order chi connectivity index (χ1) is 8.99. The van der Waals surface area contributed by atoms with Crippen LogP contribution >= 0.6 is 0 Å². The molecule has 0 atom stereocenters. The molecule has 2 rings (SSSR count). The lowest BCUT2D eigenvalue weighted by atomic mass is 10.1. The number of nitrogens with zero attached hydrogens (tertiary/aromatic N) is 1. The number of rotatable bonds is 2. The molecule has 98 valence electrons. The van der Waals surface area contributed by atoms with E-state index in [0.29, 0.717) is 5.69 Å². The van der Waals surface area contributed by atoms with Gasteiger partial charge in [-0.25, -0.2) is 4.39 Å². The number of carbonyl (C=O) groups is 1. The summed E-state index contributed by atoms with van der Waals surface area (Å²) >= 11 is 0. The van der Waals surface area contributed by atoms with Crippen molar-refractivity contribution in [2.75, 3.05) is 17.7 Å². The number of phenolic OH excluding ortho intramolecular Hbond substituents is 1. The fourth-order valence-corrected chi connectivity index (χ4v) is 1.69. The normalized spacial score (nSPS) is 10.2. The van der Waals surface area contributed by atoms with Crippen molar-refractivity contribution in [3.63, 3.8) is 0 Å². The van der Waals surface area contributed by atoms with Crippen LogP contribution in [-0.2, 0) is 0 Å². The van der Waals surface area contributed by atoms with Crippen molar-refractivity contribution in [3.05, 3.63) is 53.8 Å². The first-order valence-corrected chi connectivity index (χ1v) is 5.61. The SMILES string of the molecule is CN(C(=O)c1cc(O)ccc1N)c1ccc(F)cc1. The van der Waals surface area contributed by atoms with Gasteiger partial charge < -0.3 is 15.7 Å². The molecule has 0 aromatic heterocycles. The molecule has 19 heavy (non-hydrogen) atoms. The third-order valence-corrected chi connectivity index (χ3v) is 2.79. The molecule has 0 saturated heterocycles. The Morgan fingerprint density at radius 3 is 2.47 bits per heavy atom. The number of halogens is 1. The third-order valence-electron chi connectivity index (χ3n) is 2.79. The van der Waals surface area contributed by atoms with Crippen molar-refractivity contribution in [3.8, 4) is 5.75 Å². The summed E-state index contributed by atoms with van der Waals surface area (Å²) in [7, 11) is 1.55. The van der Waals surface area contributed by atoms with Crippen molar-refractivity contribution in [1.29, 1.82) is 0 Å². The minimum absolute atomic E-state index is 0.0370. The first-order valence-electron chi connectivity index (χ1n) is 5.61. The Balaban J connectivity index is 2.33. The van der Waals surface area contributed by atoms with Gasteiger partial charge in [-0.15, -0.1) is 0 Å². The fourth-order valence-electron chi connectivity index (χ4n) is 1.69. The number of amides is 1. The van der Waals surface area contributed by atoms with Crippen LogP contribution in [-0.4, -0.2) is 18.1 Å². The largest absolute Gasteiger partial charge is 0.508 e. The second-order valence-electron chi connectivity index (χ2n) is 4.11. The molecule has 1 amide bonds. The zero-order valence-corrected chi connectivity index (χ0v) is 10.3. The van der Waals surface area contributed by atoms with Crippen LogP contribution in [0.5, 0.6) is 5.75 Å². The third kappa shape index (κ3) is 2.65. The first kappa shape index (κ1) is 12.9. The smallest absolute Gasteiger partial charge is 0.260 e. The Kier molecular flexibility index (Phi) is 3.37. The maximum atomic E-state index is 12.8. The summed E-state index contributed by atoms with van der Waals surface area (Å²) in [6.07, 6.45) is 0. The molecule has 0 bridgehead atoms. The van der Waals surface area contributed by atoms with Crippen LogP contribution < -0.4 is 10.6 Å². The summed E-state index contributed by atoms with van der Waals surface area (Å²) in [5.41, 5.74) is 6.72. The van der Waals surface area contributed by atoms with E-state index >= 15 is 0 Å². The van der Waals surface area contributed by atoms with Gasteiger partial charge in [0.25, 0.3) is 5.91 Å². The van der Waals surface area contributed by atoms with Crippen LogP contribution in [0.25, 0.3) is 0 Å². The molecular formula is C14H13FN2O2. The molecule has 0 aliphatic rings. The van der Waals surface area contributed by atoms with Crippen molar-refractivity contribution in [2.45, 2.75) is 0 Å². The Hall–Kier alpha value is -2.56. The van der Waals surface area contributed by atoms with Crippen LogP contribution in [0.1, 0.15) is 10.4 Å². The highest BCUT2D eigenvalue weighted by Gasteiger charge is 2.16. The van der Waals surface area contributed by atoms with Gasteiger partial charge in [-0.3, -0.25) is 4.79 Å². The fraction of sp³-hybridized carbons (Fsp3) is 0.0714. The monoisotopic (exact) mass is 260 g/mol. The van der Waals surface area contributed by atoms with Gasteiger partial charge in [-0.1, -0.05) is 0 Å². The van der Waals surface area contributed by atoms with Crippen LogP contribution in [0.4, 0.5) is 15.8 Å². The molecule has 0 aliphatic carbocycles. The number of carbonyl (C=O) groups excluding carboxylic acids is 1. The van der Waals surface area contributed by atoms with Crippen LogP contribution in [0.3, 0.4) is 0 Å². The number of phenols is 1. The quantitative estimate of drug-likeness (QED) is 0.643. The van der Waals surface area contributed by atoms with Gasteiger partial charge in [-0.05, 0) is 42.5 Å². The summed E-state index contributed by atoms with van der Waals surface area (Å²) in [4.78, 5) is 13.6. The molecule has 3 N–H and O–H groups in total. The van der Waals surface area contributed by atoms with Crippen molar-refractivity contribution >= 4 is 17.3 Å². The Morgan fingerprint density at radius 1 is 1.21 bits per heavy atom. The lowest BCUT2D eigenvalue weighted by molar-refractivity contribution is 0.0993. The predicted molar refractivity (Wildman–Crippen MR) is 71.7 cm³/mol. The van der Waals surface area contributed by atoms with Gasteiger partial charge in [0.1, 0.15) is 11.6 Å². The van der Waals surface area contributed by atoms with Gasteiger partial charge >= 0.3 is 0 Å². The number of nitrogen functional groups attached to an aromatic ring is 1. The standard InChI is InChI=1S/C14H13FN2O2/c1-17(10-4-2-9(15)3-5-10)14(19)12-8-11(18)6-7-13(12)16/h2-8,18H,16H2,1H3. The van der Waals surface area contributed by atoms with Crippen molar-refractivity contribution in [2.24, 2.45) is 0 Å². The Labute approximate surface area is 109 Å². The van der Waals surface area contributed by atoms with Crippen LogP contribution in [0.15, 0.2) is 42.5 Å². The Morgan fingerprint density at radius 2 is 1.84 bits per heavy atom. The van der Waals surface area contributed by atoms with E-state index in [2.05, 4.69) is 0 Å². The van der Waals surface area contributed by atoms with Gasteiger partial charge in [0.15, 0.2) is 0 Å². The number of nitrogens with two attached hydrogens (primary N) is 1. The van der Waals surface area contributed by atoms with Crippen molar-refractivity contribution in [1.82, 2.24) is 0 Å². The number of aromatic hydroxyl groups is 1. The predicted octanol–water partition coefficient (Wildman–Crippen LogP) is 2.39. The van der Waals surface area contributed by atoms with Gasteiger partial charge in [0.05, 0.1) is 5.56 Å². The number of hydrogen-bond donors (Lipinski definition) is 2. The molecular weight excluding hydrogens is 247 g/mol. The van der Waals surface area contributed by atoms with Gasteiger partial charge in [0, 0.05) is 18.4 Å². The molecule has 2 aromatic rings. The summed E-state index contributed by atoms with van der Waals surface area (Å²) in [5.74, 6) is -0.786. The van der Waals surface area contributed by atoms with E-state index in [1.807, 2.05) is 0 Å². The zero-order chi connectivity index (χ0) is 14.0. The van der Waals surface area contributed by atoms with Gasteiger partial charge in [0.2, 0.25) is 0 Å². The minimum Gasteiger partial charge on any atom is -0.508 e. The minimum atomic E-state index is -0.375. The van der Waals surface area contributed by atoms with E-state index < -0.39 is 0 Å². The molecule has 0 spiro atoms. The maximum absolute atomic E-state index is 12.8. The zero-order valence-electron chi connectivity index (χ0n) is 10.3. The van der Waals surface area contributed by atoms with E-state index in [-0.39, 0.29) is 28.7 Å². The highest BCUT2D eigenvalue weighted by Crippen LogP contribution is 2.22. The lowest BCUT2D eigenvalue weighted by Crippen LogP contribution is -2.27. The molecule has 2 aromatic carbocycles. The molecule has 0 saturated carbocycles. The molecule has 0 radical (unpaired) electrons. The van der Waals surface area contributed by atoms with Gasteiger partial charge in [-0.2, -0.15) is 0 Å². The highest BCUT2D eigenvalue weighted by atomic mass is 19.1. The van der Waals surface area contributed by atoms with Crippen molar-refractivity contribution < 1.29 is 14.3 Å². The van der Waals surface area contributed by atoms with E-state index in [4.69, 9.17) is 5.73 Å². The highest BCUT2D eigenvalue weighted by molar-refractivity contribution is 6.09. The van der Waals surface area contributed by atoms with E-state index in [1.54, 1.807) is 7.05 Å². The summed E-state index contributed by atoms with van der Waals surface area (Å²) in [5, 5.41) is 9.40. The van der Waals surface area contributed by atoms with Crippen LogP contribution in [0.2, 0.25) is 0 Å². The molecule has 0 heterocycles. The summed E-state index contributed by atoms with van der Waals surface area (Å²) in [6.45, 7) is 0. The molecule has 4 nitrogen and oxygen atoms in total. The maximum Gasteiger partial charge on any atom is 0.260 e. The lowest BCUT2D eigenvalue weighted by Gasteiger charge is -2.18. The molecule has 0 aliphatic heterocycles.